The van der Waals surface area contributed by atoms with Crippen LogP contribution in [0.5, 0.6) is 0 Å². The molecular weight excluding hydrogens is 278 g/mol. The third-order valence-electron chi connectivity index (χ3n) is 3.47. The molecule has 0 atom stereocenters. The average Bonchev–Trinajstić information content (AvgIpc) is 3.33. The van der Waals surface area contributed by atoms with Gasteiger partial charge in [0.05, 0.1) is 23.5 Å². The van der Waals surface area contributed by atoms with Gasteiger partial charge in [-0.1, -0.05) is 6.07 Å². The molecule has 0 saturated heterocycles. The molecule has 0 radical (unpaired) electrons. The summed E-state index contributed by atoms with van der Waals surface area (Å²) in [6, 6.07) is 5.62. The van der Waals surface area contributed by atoms with Gasteiger partial charge in [0.25, 0.3) is 5.91 Å². The summed E-state index contributed by atoms with van der Waals surface area (Å²) in [7, 11) is 0. The number of rotatable bonds is 4. The van der Waals surface area contributed by atoms with Crippen molar-refractivity contribution in [1.29, 1.82) is 0 Å². The molecule has 1 heterocycles. The first-order chi connectivity index (χ1) is 10.7. The molecule has 1 fully saturated rings. The molecule has 6 heteroatoms. The standard InChI is InChI=1S/C16H15N5O/c1-10-13(8-18-9-19-10)16(22)21-14-6-5-12(17-2)7-15(14)20-11-3-4-11/h5-9,11,20H,3-4H2,1H3,(H,21,22). The molecule has 3 rings (SSSR count). The fourth-order valence-corrected chi connectivity index (χ4v) is 2.08. The maximum Gasteiger partial charge on any atom is 0.259 e. The fraction of sp³-hybridized carbons (Fsp3) is 0.250. The highest BCUT2D eigenvalue weighted by atomic mass is 16.1. The van der Waals surface area contributed by atoms with Crippen molar-refractivity contribution in [3.8, 4) is 0 Å². The van der Waals surface area contributed by atoms with E-state index in [1.807, 2.05) is 0 Å². The summed E-state index contributed by atoms with van der Waals surface area (Å²) in [6.45, 7) is 8.87. The number of carbonyl (C=O) groups is 1. The molecule has 22 heavy (non-hydrogen) atoms. The quantitative estimate of drug-likeness (QED) is 0.849. The molecule has 2 N–H and O–H groups in total. The van der Waals surface area contributed by atoms with E-state index < -0.39 is 0 Å². The highest BCUT2D eigenvalue weighted by Gasteiger charge is 2.22. The van der Waals surface area contributed by atoms with Gasteiger partial charge in [0.2, 0.25) is 0 Å². The first kappa shape index (κ1) is 14.0. The Labute approximate surface area is 128 Å². The first-order valence-electron chi connectivity index (χ1n) is 7.03. The molecule has 1 aliphatic rings. The third-order valence-corrected chi connectivity index (χ3v) is 3.47. The summed E-state index contributed by atoms with van der Waals surface area (Å²) in [5.74, 6) is -0.257. The fourth-order valence-electron chi connectivity index (χ4n) is 2.08. The first-order valence-corrected chi connectivity index (χ1v) is 7.03. The van der Waals surface area contributed by atoms with Crippen LogP contribution in [-0.4, -0.2) is 21.9 Å². The van der Waals surface area contributed by atoms with Crippen LogP contribution >= 0.6 is 0 Å². The number of hydrogen-bond acceptors (Lipinski definition) is 4. The lowest BCUT2D eigenvalue weighted by Crippen LogP contribution is -2.16. The molecule has 1 amide bonds. The smallest absolute Gasteiger partial charge is 0.259 e. The number of aromatic nitrogens is 2. The topological polar surface area (TPSA) is 71.3 Å². The van der Waals surface area contributed by atoms with E-state index in [0.717, 1.165) is 18.5 Å². The second-order valence-electron chi connectivity index (χ2n) is 5.24. The van der Waals surface area contributed by atoms with E-state index in [0.29, 0.717) is 28.7 Å². The minimum absolute atomic E-state index is 0.257. The SMILES string of the molecule is [C-]#[N+]c1ccc(NC(=O)c2cncnc2C)c(NC2CC2)c1. The Morgan fingerprint density at radius 1 is 1.36 bits per heavy atom. The predicted octanol–water partition coefficient (Wildman–Crippen LogP) is 3.16. The van der Waals surface area contributed by atoms with E-state index >= 15 is 0 Å². The number of amides is 1. The van der Waals surface area contributed by atoms with Gasteiger partial charge in [0.1, 0.15) is 6.33 Å². The summed E-state index contributed by atoms with van der Waals surface area (Å²) in [6.07, 6.45) is 5.14. The van der Waals surface area contributed by atoms with Crippen LogP contribution < -0.4 is 10.6 Å². The van der Waals surface area contributed by atoms with Crippen molar-refractivity contribution in [2.45, 2.75) is 25.8 Å². The maximum absolute atomic E-state index is 12.4. The van der Waals surface area contributed by atoms with Crippen LogP contribution in [0.25, 0.3) is 4.85 Å². The molecule has 0 aliphatic heterocycles. The number of nitrogens with zero attached hydrogens (tertiary/aromatic N) is 3. The Hall–Kier alpha value is -2.94. The Morgan fingerprint density at radius 3 is 2.86 bits per heavy atom. The summed E-state index contributed by atoms with van der Waals surface area (Å²) < 4.78 is 0. The van der Waals surface area contributed by atoms with Gasteiger partial charge in [0, 0.05) is 17.9 Å². The van der Waals surface area contributed by atoms with Gasteiger partial charge in [-0.15, -0.1) is 0 Å². The molecule has 1 aromatic carbocycles. The third kappa shape index (κ3) is 3.04. The van der Waals surface area contributed by atoms with Crippen LogP contribution in [-0.2, 0) is 0 Å². The molecule has 0 bridgehead atoms. The monoisotopic (exact) mass is 293 g/mol. The average molecular weight is 293 g/mol. The van der Waals surface area contributed by atoms with E-state index in [4.69, 9.17) is 6.57 Å². The number of benzene rings is 1. The molecule has 0 unspecified atom stereocenters. The lowest BCUT2D eigenvalue weighted by atomic mass is 10.2. The molecular formula is C16H15N5O. The molecule has 1 saturated carbocycles. The Bertz CT molecular complexity index is 761. The van der Waals surface area contributed by atoms with Gasteiger partial charge in [0.15, 0.2) is 5.69 Å². The number of carbonyl (C=O) groups excluding carboxylic acids is 1. The van der Waals surface area contributed by atoms with E-state index in [1.54, 1.807) is 25.1 Å². The lowest BCUT2D eigenvalue weighted by Gasteiger charge is -2.13. The van der Waals surface area contributed by atoms with Crippen LogP contribution in [0.3, 0.4) is 0 Å². The zero-order valence-corrected chi connectivity index (χ0v) is 12.1. The Balaban J connectivity index is 1.86. The largest absolute Gasteiger partial charge is 0.382 e. The van der Waals surface area contributed by atoms with Crippen molar-refractivity contribution >= 4 is 23.0 Å². The zero-order valence-electron chi connectivity index (χ0n) is 12.1. The Morgan fingerprint density at radius 2 is 2.18 bits per heavy atom. The van der Waals surface area contributed by atoms with Crippen molar-refractivity contribution < 1.29 is 4.79 Å². The van der Waals surface area contributed by atoms with Gasteiger partial charge in [-0.05, 0) is 31.9 Å². The molecule has 1 aromatic heterocycles. The highest BCUT2D eigenvalue weighted by Crippen LogP contribution is 2.32. The minimum atomic E-state index is -0.257. The maximum atomic E-state index is 12.4. The van der Waals surface area contributed by atoms with E-state index in [2.05, 4.69) is 25.4 Å². The Kier molecular flexibility index (Phi) is 3.71. The minimum Gasteiger partial charge on any atom is -0.382 e. The van der Waals surface area contributed by atoms with Crippen molar-refractivity contribution in [1.82, 2.24) is 9.97 Å². The summed E-state index contributed by atoms with van der Waals surface area (Å²) in [4.78, 5) is 23.7. The van der Waals surface area contributed by atoms with E-state index in [-0.39, 0.29) is 5.91 Å². The molecule has 1 aliphatic carbocycles. The van der Waals surface area contributed by atoms with Crippen LogP contribution in [0.2, 0.25) is 0 Å². The van der Waals surface area contributed by atoms with Gasteiger partial charge in [-0.2, -0.15) is 0 Å². The van der Waals surface area contributed by atoms with Gasteiger partial charge < -0.3 is 10.6 Å². The summed E-state index contributed by atoms with van der Waals surface area (Å²) >= 11 is 0. The number of aryl methyl sites for hydroxylation is 1. The van der Waals surface area contributed by atoms with Crippen molar-refractivity contribution in [3.05, 3.63) is 53.4 Å². The second kappa shape index (κ2) is 5.82. The van der Waals surface area contributed by atoms with Crippen LogP contribution in [0.15, 0.2) is 30.7 Å². The van der Waals surface area contributed by atoms with Gasteiger partial charge in [-0.25, -0.2) is 14.8 Å². The normalized spacial score (nSPS) is 13.3. The van der Waals surface area contributed by atoms with Crippen LogP contribution in [0.4, 0.5) is 17.1 Å². The van der Waals surface area contributed by atoms with Gasteiger partial charge in [-0.3, -0.25) is 4.79 Å². The molecule has 6 nitrogen and oxygen atoms in total. The number of hydrogen-bond donors (Lipinski definition) is 2. The van der Waals surface area contributed by atoms with E-state index in [9.17, 15) is 4.79 Å². The van der Waals surface area contributed by atoms with Crippen LogP contribution in [0.1, 0.15) is 28.9 Å². The lowest BCUT2D eigenvalue weighted by molar-refractivity contribution is 0.102. The molecule has 2 aromatic rings. The predicted molar refractivity (Wildman–Crippen MR) is 84.1 cm³/mol. The number of anilines is 2. The van der Waals surface area contributed by atoms with Crippen LogP contribution in [0, 0.1) is 13.5 Å². The van der Waals surface area contributed by atoms with Crippen molar-refractivity contribution in [3.63, 3.8) is 0 Å². The molecule has 0 spiro atoms. The van der Waals surface area contributed by atoms with Crippen molar-refractivity contribution in [2.75, 3.05) is 10.6 Å². The zero-order chi connectivity index (χ0) is 15.5. The second-order valence-corrected chi connectivity index (χ2v) is 5.24. The van der Waals surface area contributed by atoms with Crippen molar-refractivity contribution in [2.24, 2.45) is 0 Å². The van der Waals surface area contributed by atoms with E-state index in [1.165, 1.54) is 12.5 Å². The summed E-state index contributed by atoms with van der Waals surface area (Å²) in [5, 5.41) is 6.21. The summed E-state index contributed by atoms with van der Waals surface area (Å²) in [5.41, 5.74) is 3.04. The molecule has 110 valence electrons. The van der Waals surface area contributed by atoms with Gasteiger partial charge >= 0.3 is 0 Å². The number of nitrogens with one attached hydrogen (secondary N) is 2. The highest BCUT2D eigenvalue weighted by molar-refractivity contribution is 6.06.